The van der Waals surface area contributed by atoms with Gasteiger partial charge in [0.1, 0.15) is 11.5 Å². The van der Waals surface area contributed by atoms with Gasteiger partial charge in [-0.15, -0.1) is 23.5 Å². The van der Waals surface area contributed by atoms with Crippen LogP contribution in [0, 0.1) is 0 Å². The molecule has 0 heterocycles. The highest BCUT2D eigenvalue weighted by Crippen LogP contribution is 2.26. The van der Waals surface area contributed by atoms with Crippen molar-refractivity contribution in [3.05, 3.63) is 48.5 Å². The number of hydrogen-bond donors (Lipinski definition) is 2. The quantitative estimate of drug-likeness (QED) is 0.641. The lowest BCUT2D eigenvalue weighted by molar-refractivity contribution is 0.473. The van der Waals surface area contributed by atoms with E-state index in [1.807, 2.05) is 24.3 Å². The predicted molar refractivity (Wildman–Crippen MR) is 77.7 cm³/mol. The zero-order valence-electron chi connectivity index (χ0n) is 9.74. The minimum absolute atomic E-state index is 0.306. The van der Waals surface area contributed by atoms with Crippen LogP contribution in [0.15, 0.2) is 58.3 Å². The summed E-state index contributed by atoms with van der Waals surface area (Å²) in [6.07, 6.45) is 0. The Bertz CT molecular complexity index is 467. The van der Waals surface area contributed by atoms with Gasteiger partial charge in [-0.1, -0.05) is 12.1 Å². The van der Waals surface area contributed by atoms with Gasteiger partial charge in [0, 0.05) is 21.3 Å². The van der Waals surface area contributed by atoms with E-state index in [9.17, 15) is 10.2 Å². The van der Waals surface area contributed by atoms with Crippen LogP contribution in [0.5, 0.6) is 11.5 Å². The van der Waals surface area contributed by atoms with Gasteiger partial charge >= 0.3 is 0 Å². The smallest absolute Gasteiger partial charge is 0.116 e. The first-order chi connectivity index (χ1) is 8.74. The maximum atomic E-state index is 9.33. The van der Waals surface area contributed by atoms with E-state index in [2.05, 4.69) is 0 Å². The van der Waals surface area contributed by atoms with Crippen LogP contribution in [-0.4, -0.2) is 21.7 Å². The summed E-state index contributed by atoms with van der Waals surface area (Å²) >= 11 is 3.43. The van der Waals surface area contributed by atoms with Gasteiger partial charge in [-0.2, -0.15) is 0 Å². The van der Waals surface area contributed by atoms with Crippen LogP contribution in [0.3, 0.4) is 0 Å². The molecule has 0 bridgehead atoms. The number of rotatable bonds is 5. The first-order valence-electron chi connectivity index (χ1n) is 5.58. The average molecular weight is 278 g/mol. The van der Waals surface area contributed by atoms with Gasteiger partial charge in [0.05, 0.1) is 0 Å². The Morgan fingerprint density at radius 2 is 1.17 bits per heavy atom. The summed E-state index contributed by atoms with van der Waals surface area (Å²) in [5, 5.41) is 18.7. The number of hydrogen-bond acceptors (Lipinski definition) is 4. The van der Waals surface area contributed by atoms with Gasteiger partial charge in [-0.25, -0.2) is 0 Å². The average Bonchev–Trinajstić information content (AvgIpc) is 2.35. The van der Waals surface area contributed by atoms with Crippen molar-refractivity contribution in [2.75, 3.05) is 11.5 Å². The second kappa shape index (κ2) is 6.61. The summed E-state index contributed by atoms with van der Waals surface area (Å²) < 4.78 is 0. The molecule has 0 aliphatic rings. The van der Waals surface area contributed by atoms with Crippen molar-refractivity contribution in [2.24, 2.45) is 0 Å². The Morgan fingerprint density at radius 1 is 0.722 bits per heavy atom. The molecule has 0 unspecified atom stereocenters. The molecular formula is C14H14O2S2. The maximum Gasteiger partial charge on any atom is 0.116 e. The molecule has 0 spiro atoms. The number of aromatic hydroxyl groups is 2. The molecule has 2 rings (SSSR count). The SMILES string of the molecule is Oc1cccc(SCCSc2cccc(O)c2)c1. The Kier molecular flexibility index (Phi) is 4.84. The Balaban J connectivity index is 1.76. The van der Waals surface area contributed by atoms with Crippen LogP contribution >= 0.6 is 23.5 Å². The van der Waals surface area contributed by atoms with E-state index in [0.29, 0.717) is 11.5 Å². The molecule has 0 fully saturated rings. The highest BCUT2D eigenvalue weighted by Gasteiger charge is 1.98. The normalized spacial score (nSPS) is 10.4. The van der Waals surface area contributed by atoms with Crippen LogP contribution in [0.4, 0.5) is 0 Å². The third kappa shape index (κ3) is 4.20. The van der Waals surface area contributed by atoms with E-state index >= 15 is 0 Å². The zero-order chi connectivity index (χ0) is 12.8. The van der Waals surface area contributed by atoms with E-state index in [1.165, 1.54) is 0 Å². The van der Waals surface area contributed by atoms with Gasteiger partial charge in [-0.05, 0) is 36.4 Å². The molecule has 0 aromatic heterocycles. The standard InChI is InChI=1S/C14H14O2S2/c15-11-3-1-5-13(9-11)17-7-8-18-14-6-2-4-12(16)10-14/h1-6,9-10,15-16H,7-8H2. The topological polar surface area (TPSA) is 40.5 Å². The highest BCUT2D eigenvalue weighted by atomic mass is 32.2. The van der Waals surface area contributed by atoms with E-state index in [1.54, 1.807) is 47.8 Å². The van der Waals surface area contributed by atoms with Gasteiger partial charge in [0.15, 0.2) is 0 Å². The Labute approximate surface area is 115 Å². The van der Waals surface area contributed by atoms with Crippen molar-refractivity contribution < 1.29 is 10.2 Å². The van der Waals surface area contributed by atoms with Crippen molar-refractivity contribution in [1.29, 1.82) is 0 Å². The lowest BCUT2D eigenvalue weighted by atomic mass is 10.3. The fraction of sp³-hybridized carbons (Fsp3) is 0.143. The molecule has 0 aliphatic heterocycles. The Morgan fingerprint density at radius 3 is 1.56 bits per heavy atom. The molecule has 2 N–H and O–H groups in total. The molecule has 0 saturated heterocycles. The molecule has 2 aromatic rings. The minimum Gasteiger partial charge on any atom is -0.508 e. The van der Waals surface area contributed by atoms with Crippen LogP contribution in [0.2, 0.25) is 0 Å². The molecule has 0 atom stereocenters. The van der Waals surface area contributed by atoms with Crippen molar-refractivity contribution in [3.63, 3.8) is 0 Å². The van der Waals surface area contributed by atoms with E-state index in [0.717, 1.165) is 21.3 Å². The predicted octanol–water partition coefficient (Wildman–Crippen LogP) is 3.98. The second-order valence-corrected chi connectivity index (χ2v) is 6.03. The molecule has 4 heteroatoms. The summed E-state index contributed by atoms with van der Waals surface area (Å²) in [6.45, 7) is 0. The van der Waals surface area contributed by atoms with Crippen LogP contribution in [0.25, 0.3) is 0 Å². The molecule has 2 aromatic carbocycles. The molecule has 0 amide bonds. The number of phenols is 2. The number of phenolic OH excluding ortho intramolecular Hbond substituents is 2. The third-order valence-corrected chi connectivity index (χ3v) is 4.51. The minimum atomic E-state index is 0.306. The largest absolute Gasteiger partial charge is 0.508 e. The summed E-state index contributed by atoms with van der Waals surface area (Å²) in [5.41, 5.74) is 0. The summed E-state index contributed by atoms with van der Waals surface area (Å²) in [7, 11) is 0. The highest BCUT2D eigenvalue weighted by molar-refractivity contribution is 8.03. The maximum absolute atomic E-state index is 9.33. The first-order valence-corrected chi connectivity index (χ1v) is 7.55. The van der Waals surface area contributed by atoms with Crippen molar-refractivity contribution >= 4 is 23.5 Å². The molecule has 2 nitrogen and oxygen atoms in total. The first kappa shape index (κ1) is 13.2. The lowest BCUT2D eigenvalue weighted by Crippen LogP contribution is -1.84. The van der Waals surface area contributed by atoms with E-state index in [4.69, 9.17) is 0 Å². The zero-order valence-corrected chi connectivity index (χ0v) is 11.4. The van der Waals surface area contributed by atoms with E-state index in [-0.39, 0.29) is 0 Å². The van der Waals surface area contributed by atoms with Crippen LogP contribution in [0.1, 0.15) is 0 Å². The second-order valence-electron chi connectivity index (χ2n) is 3.69. The molecule has 94 valence electrons. The molecule has 0 aliphatic carbocycles. The van der Waals surface area contributed by atoms with Gasteiger partial charge < -0.3 is 10.2 Å². The van der Waals surface area contributed by atoms with E-state index < -0.39 is 0 Å². The summed E-state index contributed by atoms with van der Waals surface area (Å²) in [5.74, 6) is 2.54. The van der Waals surface area contributed by atoms with Crippen LogP contribution in [-0.2, 0) is 0 Å². The lowest BCUT2D eigenvalue weighted by Gasteiger charge is -2.03. The fourth-order valence-electron chi connectivity index (χ4n) is 1.47. The number of benzene rings is 2. The molecule has 18 heavy (non-hydrogen) atoms. The molecule has 0 saturated carbocycles. The van der Waals surface area contributed by atoms with Crippen molar-refractivity contribution in [2.45, 2.75) is 9.79 Å². The summed E-state index contributed by atoms with van der Waals surface area (Å²) in [4.78, 5) is 2.15. The fourth-order valence-corrected chi connectivity index (χ4v) is 3.36. The van der Waals surface area contributed by atoms with Gasteiger partial charge in [0.2, 0.25) is 0 Å². The number of thioether (sulfide) groups is 2. The summed E-state index contributed by atoms with van der Waals surface area (Å²) in [6, 6.07) is 14.6. The monoisotopic (exact) mass is 278 g/mol. The van der Waals surface area contributed by atoms with Gasteiger partial charge in [-0.3, -0.25) is 0 Å². The van der Waals surface area contributed by atoms with Gasteiger partial charge in [0.25, 0.3) is 0 Å². The van der Waals surface area contributed by atoms with Crippen LogP contribution < -0.4 is 0 Å². The third-order valence-electron chi connectivity index (χ3n) is 2.26. The van der Waals surface area contributed by atoms with Crippen molar-refractivity contribution in [1.82, 2.24) is 0 Å². The van der Waals surface area contributed by atoms with Crippen molar-refractivity contribution in [3.8, 4) is 11.5 Å². The molecular weight excluding hydrogens is 264 g/mol. The Hall–Kier alpha value is -1.26. The molecule has 0 radical (unpaired) electrons.